The lowest BCUT2D eigenvalue weighted by molar-refractivity contribution is -0.161. The van der Waals surface area contributed by atoms with Crippen LogP contribution in [0.25, 0.3) is 0 Å². The lowest BCUT2D eigenvalue weighted by Crippen LogP contribution is -2.53. The lowest BCUT2D eigenvalue weighted by atomic mass is 10.2. The summed E-state index contributed by atoms with van der Waals surface area (Å²) in [4.78, 5) is 28.6. The minimum absolute atomic E-state index is 0.0860. The minimum atomic E-state index is -4.43. The molecule has 1 fully saturated rings. The van der Waals surface area contributed by atoms with Gasteiger partial charge in [0.05, 0.1) is 6.54 Å². The van der Waals surface area contributed by atoms with Crippen molar-refractivity contribution in [1.82, 2.24) is 9.88 Å². The minimum Gasteiger partial charge on any atom is -0.477 e. The molecule has 2 rings (SSSR count). The maximum absolute atomic E-state index is 12.3. The average molecular weight is 303 g/mol. The van der Waals surface area contributed by atoms with E-state index in [0.717, 1.165) is 4.90 Å². The molecule has 1 saturated heterocycles. The van der Waals surface area contributed by atoms with E-state index < -0.39 is 24.6 Å². The Labute approximate surface area is 117 Å². The molecule has 1 aliphatic rings. The van der Waals surface area contributed by atoms with Crippen LogP contribution in [0.15, 0.2) is 18.2 Å². The van der Waals surface area contributed by atoms with Gasteiger partial charge in [0.15, 0.2) is 5.69 Å². The quantitative estimate of drug-likeness (QED) is 0.901. The van der Waals surface area contributed by atoms with E-state index in [0.29, 0.717) is 0 Å². The Hall–Kier alpha value is -2.32. The number of carboxylic acids is 1. The second kappa shape index (κ2) is 5.58. The van der Waals surface area contributed by atoms with Gasteiger partial charge in [0.25, 0.3) is 0 Å². The Morgan fingerprint density at radius 1 is 1.33 bits per heavy atom. The van der Waals surface area contributed by atoms with Gasteiger partial charge in [-0.2, -0.15) is 13.2 Å². The molecule has 9 heteroatoms. The van der Waals surface area contributed by atoms with Crippen molar-refractivity contribution in [1.29, 1.82) is 0 Å². The Morgan fingerprint density at radius 3 is 2.62 bits per heavy atom. The molecule has 1 N–H and O–H groups in total. The zero-order chi connectivity index (χ0) is 15.6. The Balaban J connectivity index is 2.07. The molecular formula is C12H12F3N3O3. The van der Waals surface area contributed by atoms with Gasteiger partial charge in [0.2, 0.25) is 5.91 Å². The molecule has 6 nitrogen and oxygen atoms in total. The molecule has 0 bridgehead atoms. The first-order chi connectivity index (χ1) is 9.76. The number of anilines is 1. The number of carbonyl (C=O) groups is 2. The van der Waals surface area contributed by atoms with Gasteiger partial charge in [0, 0.05) is 13.1 Å². The molecule has 0 aromatic carbocycles. The first-order valence-electron chi connectivity index (χ1n) is 6.06. The largest absolute Gasteiger partial charge is 0.477 e. The number of halogens is 3. The normalized spacial score (nSPS) is 16.2. The van der Waals surface area contributed by atoms with Crippen molar-refractivity contribution in [3.63, 3.8) is 0 Å². The highest BCUT2D eigenvalue weighted by Gasteiger charge is 2.35. The monoisotopic (exact) mass is 303 g/mol. The zero-order valence-electron chi connectivity index (χ0n) is 10.8. The number of rotatable bonds is 3. The maximum atomic E-state index is 12.3. The van der Waals surface area contributed by atoms with Gasteiger partial charge in [0.1, 0.15) is 12.4 Å². The highest BCUT2D eigenvalue weighted by atomic mass is 19.4. The van der Waals surface area contributed by atoms with Crippen LogP contribution in [0.2, 0.25) is 0 Å². The van der Waals surface area contributed by atoms with Crippen molar-refractivity contribution in [3.8, 4) is 0 Å². The summed E-state index contributed by atoms with van der Waals surface area (Å²) in [5, 5.41) is 8.85. The van der Waals surface area contributed by atoms with Crippen molar-refractivity contribution in [2.45, 2.75) is 6.18 Å². The number of piperazine rings is 1. The van der Waals surface area contributed by atoms with E-state index in [1.165, 1.54) is 23.1 Å². The number of amides is 1. The summed E-state index contributed by atoms with van der Waals surface area (Å²) in [5.74, 6) is -1.62. The van der Waals surface area contributed by atoms with Crippen LogP contribution in [0.3, 0.4) is 0 Å². The summed E-state index contributed by atoms with van der Waals surface area (Å²) < 4.78 is 36.9. The second-order valence-electron chi connectivity index (χ2n) is 4.54. The molecule has 2 heterocycles. The van der Waals surface area contributed by atoms with E-state index in [9.17, 15) is 22.8 Å². The Kier molecular flexibility index (Phi) is 4.01. The van der Waals surface area contributed by atoms with E-state index in [2.05, 4.69) is 4.98 Å². The van der Waals surface area contributed by atoms with Gasteiger partial charge in [-0.05, 0) is 12.1 Å². The van der Waals surface area contributed by atoms with E-state index in [4.69, 9.17) is 5.11 Å². The lowest BCUT2D eigenvalue weighted by Gasteiger charge is -2.35. The third-order valence-electron chi connectivity index (χ3n) is 2.97. The van der Waals surface area contributed by atoms with Gasteiger partial charge >= 0.3 is 12.1 Å². The molecule has 0 unspecified atom stereocenters. The van der Waals surface area contributed by atoms with E-state index >= 15 is 0 Å². The van der Waals surface area contributed by atoms with Crippen LogP contribution in [-0.4, -0.2) is 59.2 Å². The fourth-order valence-electron chi connectivity index (χ4n) is 2.01. The highest BCUT2D eigenvalue weighted by Crippen LogP contribution is 2.20. The van der Waals surface area contributed by atoms with Crippen LogP contribution in [0, 0.1) is 0 Å². The zero-order valence-corrected chi connectivity index (χ0v) is 10.8. The smallest absolute Gasteiger partial charge is 0.406 e. The number of alkyl halides is 3. The van der Waals surface area contributed by atoms with Gasteiger partial charge < -0.3 is 14.9 Å². The van der Waals surface area contributed by atoms with Gasteiger partial charge in [-0.25, -0.2) is 9.78 Å². The number of hydrogen-bond donors (Lipinski definition) is 1. The van der Waals surface area contributed by atoms with Crippen LogP contribution >= 0.6 is 0 Å². The number of aromatic carboxylic acids is 1. The van der Waals surface area contributed by atoms with Crippen molar-refractivity contribution < 1.29 is 27.9 Å². The summed E-state index contributed by atoms with van der Waals surface area (Å²) in [6.45, 7) is -1.45. The molecule has 1 aliphatic heterocycles. The van der Waals surface area contributed by atoms with Crippen LogP contribution in [0.5, 0.6) is 0 Å². The molecule has 0 atom stereocenters. The third-order valence-corrected chi connectivity index (χ3v) is 2.97. The molecule has 0 spiro atoms. The number of carbonyl (C=O) groups excluding carboxylic acids is 1. The van der Waals surface area contributed by atoms with Crippen molar-refractivity contribution in [2.24, 2.45) is 0 Å². The van der Waals surface area contributed by atoms with E-state index in [1.807, 2.05) is 0 Å². The van der Waals surface area contributed by atoms with Gasteiger partial charge in [-0.15, -0.1) is 0 Å². The molecule has 21 heavy (non-hydrogen) atoms. The van der Waals surface area contributed by atoms with Crippen LogP contribution in [0.1, 0.15) is 10.5 Å². The molecule has 114 valence electrons. The van der Waals surface area contributed by atoms with Crippen LogP contribution in [-0.2, 0) is 4.79 Å². The standard InChI is InChI=1S/C12H12F3N3O3/c13-12(14,15)7-18-5-4-17(6-10(18)19)9-3-1-2-8(16-9)11(20)21/h1-3H,4-7H2,(H,20,21). The maximum Gasteiger partial charge on any atom is 0.406 e. The first kappa shape index (κ1) is 15.1. The van der Waals surface area contributed by atoms with Gasteiger partial charge in [-0.3, -0.25) is 4.79 Å². The predicted octanol–water partition coefficient (Wildman–Crippen LogP) is 0.991. The second-order valence-corrected chi connectivity index (χ2v) is 4.54. The highest BCUT2D eigenvalue weighted by molar-refractivity contribution is 5.86. The van der Waals surface area contributed by atoms with E-state index in [-0.39, 0.29) is 31.1 Å². The summed E-state index contributed by atoms with van der Waals surface area (Å²) in [7, 11) is 0. The number of hydrogen-bond acceptors (Lipinski definition) is 4. The summed E-state index contributed by atoms with van der Waals surface area (Å²) in [6, 6.07) is 4.28. The number of carboxylic acid groups (broad SMARTS) is 1. The predicted molar refractivity (Wildman–Crippen MR) is 66.0 cm³/mol. The number of pyridine rings is 1. The fraction of sp³-hybridized carbons (Fsp3) is 0.417. The van der Waals surface area contributed by atoms with Crippen molar-refractivity contribution in [3.05, 3.63) is 23.9 Å². The molecule has 1 aromatic heterocycles. The Morgan fingerprint density at radius 2 is 2.05 bits per heavy atom. The molecule has 1 amide bonds. The number of aromatic nitrogens is 1. The summed E-state index contributed by atoms with van der Waals surface area (Å²) in [5.41, 5.74) is -0.183. The molecule has 0 radical (unpaired) electrons. The fourth-order valence-corrected chi connectivity index (χ4v) is 2.01. The first-order valence-corrected chi connectivity index (χ1v) is 6.06. The Bertz CT molecular complexity index is 562. The molecular weight excluding hydrogens is 291 g/mol. The van der Waals surface area contributed by atoms with Crippen molar-refractivity contribution >= 4 is 17.7 Å². The van der Waals surface area contributed by atoms with E-state index in [1.54, 1.807) is 0 Å². The summed E-state index contributed by atoms with van der Waals surface area (Å²) in [6.07, 6.45) is -4.43. The SMILES string of the molecule is O=C(O)c1cccc(N2CCN(CC(F)(F)F)C(=O)C2)n1. The molecule has 0 saturated carbocycles. The average Bonchev–Trinajstić information content (AvgIpc) is 2.40. The topological polar surface area (TPSA) is 73.7 Å². The van der Waals surface area contributed by atoms with Crippen molar-refractivity contribution in [2.75, 3.05) is 31.1 Å². The van der Waals surface area contributed by atoms with Crippen LogP contribution in [0.4, 0.5) is 19.0 Å². The molecule has 1 aromatic rings. The van der Waals surface area contributed by atoms with Crippen LogP contribution < -0.4 is 4.90 Å². The molecule has 0 aliphatic carbocycles. The third kappa shape index (κ3) is 3.83. The summed E-state index contributed by atoms with van der Waals surface area (Å²) >= 11 is 0. The van der Waals surface area contributed by atoms with Gasteiger partial charge in [-0.1, -0.05) is 6.07 Å². The number of nitrogens with zero attached hydrogens (tertiary/aromatic N) is 3.